The van der Waals surface area contributed by atoms with Crippen LogP contribution in [-0.4, -0.2) is 34.5 Å². The Hall–Kier alpha value is -2.60. The zero-order valence-corrected chi connectivity index (χ0v) is 16.3. The average Bonchev–Trinajstić information content (AvgIpc) is 2.70. The van der Waals surface area contributed by atoms with Crippen LogP contribution in [-0.2, 0) is 13.0 Å². The van der Waals surface area contributed by atoms with Crippen molar-refractivity contribution in [1.29, 1.82) is 0 Å². The summed E-state index contributed by atoms with van der Waals surface area (Å²) in [5.74, 6) is -0.190. The first kappa shape index (κ1) is 18.7. The summed E-state index contributed by atoms with van der Waals surface area (Å²) in [5, 5.41) is 13.3. The first-order chi connectivity index (χ1) is 13.5. The number of benzene rings is 1. The summed E-state index contributed by atoms with van der Waals surface area (Å²) in [5.41, 5.74) is 2.51. The standard InChI is InChI=1S/C22H27N3O3/c1-25-12-11-18-17(13-25)20(26)19(22(28)24-18)21(27)23-16-9-7-15(8-10-16)14-5-3-2-4-6-14/h7-10,14H,2-6,11-13H2,1H3,(H,23,27)(H2,24,26,28). The molecular weight excluding hydrogens is 354 g/mol. The van der Waals surface area contributed by atoms with Crippen molar-refractivity contribution in [3.05, 3.63) is 57.0 Å². The van der Waals surface area contributed by atoms with Crippen LogP contribution < -0.4 is 10.9 Å². The molecule has 1 aromatic carbocycles. The number of carbonyl (C=O) groups is 1. The topological polar surface area (TPSA) is 85.4 Å². The third kappa shape index (κ3) is 3.69. The summed E-state index contributed by atoms with van der Waals surface area (Å²) < 4.78 is 0. The molecule has 1 aromatic heterocycles. The van der Waals surface area contributed by atoms with Gasteiger partial charge in [0.1, 0.15) is 11.3 Å². The van der Waals surface area contributed by atoms with Crippen molar-refractivity contribution in [1.82, 2.24) is 9.88 Å². The zero-order chi connectivity index (χ0) is 19.7. The van der Waals surface area contributed by atoms with Gasteiger partial charge in [-0.05, 0) is 43.5 Å². The maximum atomic E-state index is 12.7. The summed E-state index contributed by atoms with van der Waals surface area (Å²) in [6.07, 6.45) is 6.97. The molecule has 2 aromatic rings. The lowest BCUT2D eigenvalue weighted by molar-refractivity contribution is 0.102. The maximum Gasteiger partial charge on any atom is 0.265 e. The fourth-order valence-corrected chi connectivity index (χ4v) is 4.39. The first-order valence-electron chi connectivity index (χ1n) is 10.1. The van der Waals surface area contributed by atoms with Crippen molar-refractivity contribution in [2.45, 2.75) is 51.0 Å². The molecule has 0 spiro atoms. The van der Waals surface area contributed by atoms with Crippen molar-refractivity contribution in [2.24, 2.45) is 0 Å². The molecule has 0 bridgehead atoms. The lowest BCUT2D eigenvalue weighted by Crippen LogP contribution is -2.32. The number of nitrogens with zero attached hydrogens (tertiary/aromatic N) is 1. The van der Waals surface area contributed by atoms with Crippen molar-refractivity contribution in [2.75, 3.05) is 18.9 Å². The number of carbonyl (C=O) groups excluding carboxylic acids is 1. The van der Waals surface area contributed by atoms with Crippen molar-refractivity contribution < 1.29 is 9.90 Å². The molecule has 0 unspecified atom stereocenters. The second-order valence-electron chi connectivity index (χ2n) is 8.03. The van der Waals surface area contributed by atoms with Crippen molar-refractivity contribution >= 4 is 11.6 Å². The quantitative estimate of drug-likeness (QED) is 0.761. The van der Waals surface area contributed by atoms with E-state index in [1.807, 2.05) is 24.1 Å². The van der Waals surface area contributed by atoms with Gasteiger partial charge in [-0.25, -0.2) is 0 Å². The number of hydrogen-bond donors (Lipinski definition) is 3. The Labute approximate surface area is 164 Å². The summed E-state index contributed by atoms with van der Waals surface area (Å²) in [4.78, 5) is 29.9. The van der Waals surface area contributed by atoms with Gasteiger partial charge < -0.3 is 20.3 Å². The molecule has 6 heteroatoms. The molecule has 3 N–H and O–H groups in total. The third-order valence-electron chi connectivity index (χ3n) is 6.02. The molecule has 2 heterocycles. The summed E-state index contributed by atoms with van der Waals surface area (Å²) in [7, 11) is 1.95. The monoisotopic (exact) mass is 381 g/mol. The van der Waals surface area contributed by atoms with E-state index in [9.17, 15) is 14.7 Å². The van der Waals surface area contributed by atoms with Crippen LogP contribution in [0.2, 0.25) is 0 Å². The predicted molar refractivity (Wildman–Crippen MR) is 109 cm³/mol. The minimum Gasteiger partial charge on any atom is -0.506 e. The highest BCUT2D eigenvalue weighted by atomic mass is 16.3. The highest BCUT2D eigenvalue weighted by Crippen LogP contribution is 2.33. The Kier molecular flexibility index (Phi) is 5.22. The summed E-state index contributed by atoms with van der Waals surface area (Å²) >= 11 is 0. The van der Waals surface area contributed by atoms with E-state index in [2.05, 4.69) is 22.4 Å². The van der Waals surface area contributed by atoms with Crippen LogP contribution in [0.3, 0.4) is 0 Å². The molecule has 1 saturated carbocycles. The fourth-order valence-electron chi connectivity index (χ4n) is 4.39. The van der Waals surface area contributed by atoms with Crippen LogP contribution >= 0.6 is 0 Å². The van der Waals surface area contributed by atoms with E-state index in [-0.39, 0.29) is 11.3 Å². The van der Waals surface area contributed by atoms with Crippen LogP contribution in [0.15, 0.2) is 29.1 Å². The molecule has 1 amide bonds. The number of aromatic nitrogens is 1. The van der Waals surface area contributed by atoms with Gasteiger partial charge in [0.2, 0.25) is 0 Å². The largest absolute Gasteiger partial charge is 0.506 e. The van der Waals surface area contributed by atoms with Gasteiger partial charge in [-0.1, -0.05) is 31.4 Å². The Morgan fingerprint density at radius 1 is 1.18 bits per heavy atom. The Morgan fingerprint density at radius 2 is 1.89 bits per heavy atom. The van der Waals surface area contributed by atoms with E-state index < -0.39 is 11.5 Å². The van der Waals surface area contributed by atoms with Crippen LogP contribution in [0.4, 0.5) is 5.69 Å². The van der Waals surface area contributed by atoms with E-state index in [1.54, 1.807) is 0 Å². The van der Waals surface area contributed by atoms with Crippen LogP contribution in [0.25, 0.3) is 0 Å². The Bertz CT molecular complexity index is 927. The van der Waals surface area contributed by atoms with Gasteiger partial charge in [0, 0.05) is 36.5 Å². The number of amides is 1. The molecule has 28 heavy (non-hydrogen) atoms. The van der Waals surface area contributed by atoms with E-state index in [1.165, 1.54) is 37.7 Å². The predicted octanol–water partition coefficient (Wildman–Crippen LogP) is 3.37. The van der Waals surface area contributed by atoms with Gasteiger partial charge >= 0.3 is 0 Å². The number of fused-ring (bicyclic) bond motifs is 1. The molecule has 148 valence electrons. The Balaban J connectivity index is 1.54. The van der Waals surface area contributed by atoms with E-state index in [4.69, 9.17) is 0 Å². The van der Waals surface area contributed by atoms with Gasteiger partial charge in [-0.3, -0.25) is 9.59 Å². The normalized spacial score (nSPS) is 17.9. The van der Waals surface area contributed by atoms with Gasteiger partial charge in [-0.15, -0.1) is 0 Å². The van der Waals surface area contributed by atoms with Gasteiger partial charge in [0.25, 0.3) is 11.5 Å². The molecule has 0 saturated heterocycles. The molecule has 4 rings (SSSR count). The number of aromatic hydroxyl groups is 1. The number of likely N-dealkylation sites (N-methyl/N-ethyl adjacent to an activating group) is 1. The van der Waals surface area contributed by atoms with Gasteiger partial charge in [-0.2, -0.15) is 0 Å². The maximum absolute atomic E-state index is 12.7. The smallest absolute Gasteiger partial charge is 0.265 e. The second kappa shape index (κ2) is 7.80. The third-order valence-corrected chi connectivity index (χ3v) is 6.02. The van der Waals surface area contributed by atoms with Crippen LogP contribution in [0.5, 0.6) is 5.75 Å². The molecule has 1 aliphatic heterocycles. The van der Waals surface area contributed by atoms with E-state index in [0.717, 1.165) is 6.54 Å². The molecule has 0 radical (unpaired) electrons. The fraction of sp³-hybridized carbons (Fsp3) is 0.455. The number of anilines is 1. The molecule has 2 aliphatic rings. The van der Waals surface area contributed by atoms with Crippen molar-refractivity contribution in [3.63, 3.8) is 0 Å². The molecule has 6 nitrogen and oxygen atoms in total. The van der Waals surface area contributed by atoms with E-state index >= 15 is 0 Å². The number of aromatic amines is 1. The number of H-pyrrole nitrogens is 1. The highest BCUT2D eigenvalue weighted by molar-refractivity contribution is 6.06. The number of pyridine rings is 1. The zero-order valence-electron chi connectivity index (χ0n) is 16.3. The summed E-state index contributed by atoms with van der Waals surface area (Å²) in [6, 6.07) is 7.85. The lowest BCUT2D eigenvalue weighted by atomic mass is 9.84. The lowest BCUT2D eigenvalue weighted by Gasteiger charge is -2.25. The van der Waals surface area contributed by atoms with Crippen molar-refractivity contribution in [3.8, 4) is 5.75 Å². The number of hydrogen-bond acceptors (Lipinski definition) is 4. The first-order valence-corrected chi connectivity index (χ1v) is 10.1. The second-order valence-corrected chi connectivity index (χ2v) is 8.03. The highest BCUT2D eigenvalue weighted by Gasteiger charge is 2.25. The minimum absolute atomic E-state index is 0.207. The van der Waals surface area contributed by atoms with Crippen LogP contribution in [0, 0.1) is 0 Å². The molecule has 1 fully saturated rings. The molecule has 0 atom stereocenters. The number of nitrogens with one attached hydrogen (secondary N) is 2. The van der Waals surface area contributed by atoms with Crippen LogP contribution in [0.1, 0.15) is 65.2 Å². The van der Waals surface area contributed by atoms with E-state index in [0.29, 0.717) is 35.8 Å². The van der Waals surface area contributed by atoms with Gasteiger partial charge in [0.15, 0.2) is 0 Å². The summed E-state index contributed by atoms with van der Waals surface area (Å²) in [6.45, 7) is 1.32. The minimum atomic E-state index is -0.583. The Morgan fingerprint density at radius 3 is 2.61 bits per heavy atom. The average molecular weight is 381 g/mol. The molecular formula is C22H27N3O3. The number of rotatable bonds is 3. The molecule has 1 aliphatic carbocycles. The van der Waals surface area contributed by atoms with Gasteiger partial charge in [0.05, 0.1) is 0 Å². The SMILES string of the molecule is CN1CCc2[nH]c(=O)c(C(=O)Nc3ccc(C4CCCCC4)cc3)c(O)c2C1.